The molecule has 0 amide bonds. The molecule has 2 aliphatic carbocycles. The Hall–Kier alpha value is -2.71. The Labute approximate surface area is 217 Å². The second-order valence-electron chi connectivity index (χ2n) is 7.21. The van der Waals surface area contributed by atoms with E-state index in [-0.39, 0.29) is 0 Å². The maximum absolute atomic E-state index is 9.75. The fourth-order valence-corrected chi connectivity index (χ4v) is 5.01. The average Bonchev–Trinajstić information content (AvgIpc) is 3.41. The molecule has 205 valence electrons. The van der Waals surface area contributed by atoms with Crippen molar-refractivity contribution in [2.24, 2.45) is 0 Å². The molecule has 0 aromatic heterocycles. The van der Waals surface area contributed by atoms with Crippen LogP contribution >= 0.6 is 0 Å². The van der Waals surface area contributed by atoms with Crippen molar-refractivity contribution in [2.45, 2.75) is 12.8 Å². The van der Waals surface area contributed by atoms with Crippen molar-refractivity contribution >= 4 is 32.9 Å². The molecule has 16 heteroatoms. The second kappa shape index (κ2) is 15.0. The van der Waals surface area contributed by atoms with Crippen molar-refractivity contribution in [1.82, 2.24) is 0 Å². The molecule has 0 heterocycles. The summed E-state index contributed by atoms with van der Waals surface area (Å²) in [6, 6.07) is 21.6. The summed E-state index contributed by atoms with van der Waals surface area (Å²) >= 11 is 0.420. The van der Waals surface area contributed by atoms with Gasteiger partial charge in [0.05, 0.1) is 0 Å². The maximum Gasteiger partial charge on any atom is 0.673 e. The molecule has 0 N–H and O–H groups in total. The van der Waals surface area contributed by atoms with Crippen molar-refractivity contribution in [3.05, 3.63) is 105 Å². The van der Waals surface area contributed by atoms with Crippen molar-refractivity contribution in [2.75, 3.05) is 0 Å². The van der Waals surface area contributed by atoms with Crippen LogP contribution in [0.4, 0.5) is 51.8 Å². The first kappa shape index (κ1) is 33.3. The van der Waals surface area contributed by atoms with Crippen LogP contribution in [0.5, 0.6) is 0 Å². The molecule has 0 spiro atoms. The number of halogens is 12. The van der Waals surface area contributed by atoms with Gasteiger partial charge in [0.1, 0.15) is 0 Å². The molecular weight excluding hydrogens is 577 g/mol. The maximum atomic E-state index is 9.75. The van der Waals surface area contributed by atoms with E-state index < -0.39 is 21.8 Å². The Morgan fingerprint density at radius 2 is 0.711 bits per heavy atom. The molecule has 0 unspecified atom stereocenters. The molecule has 0 aliphatic heterocycles. The van der Waals surface area contributed by atoms with Crippen LogP contribution in [-0.2, 0) is 15.2 Å². The third kappa shape index (κ3) is 16.9. The van der Waals surface area contributed by atoms with Gasteiger partial charge in [-0.1, -0.05) is 0 Å². The molecule has 0 fully saturated rings. The average molecular weight is 595 g/mol. The van der Waals surface area contributed by atoms with E-state index in [4.69, 9.17) is 0 Å². The topological polar surface area (TPSA) is 0 Å². The molecule has 0 nitrogen and oxygen atoms in total. The van der Waals surface area contributed by atoms with Gasteiger partial charge in [0.15, 0.2) is 0 Å². The van der Waals surface area contributed by atoms with E-state index in [1.54, 1.807) is 8.87 Å². The molecular formula is C22H18B3CrF12. The molecule has 0 bridgehead atoms. The molecule has 0 saturated carbocycles. The van der Waals surface area contributed by atoms with E-state index >= 15 is 0 Å². The number of benzene rings is 2. The summed E-state index contributed by atoms with van der Waals surface area (Å²) in [5, 5.41) is 0. The Balaban J connectivity index is 0.000000398. The molecule has 0 radical (unpaired) electrons. The van der Waals surface area contributed by atoms with Gasteiger partial charge in [-0.15, -0.1) is 0 Å². The van der Waals surface area contributed by atoms with Crippen molar-refractivity contribution in [1.29, 1.82) is 0 Å². The van der Waals surface area contributed by atoms with Crippen LogP contribution < -0.4 is 0 Å². The second-order valence-corrected chi connectivity index (χ2v) is 9.06. The summed E-state index contributed by atoms with van der Waals surface area (Å²) in [6.07, 6.45) is 11.4. The van der Waals surface area contributed by atoms with E-state index in [0.717, 1.165) is 12.8 Å². The number of hydrogen-bond acceptors (Lipinski definition) is 0. The molecule has 4 rings (SSSR count). The van der Waals surface area contributed by atoms with Gasteiger partial charge < -0.3 is 51.8 Å². The molecule has 0 saturated heterocycles. The first-order valence-electron chi connectivity index (χ1n) is 10.6. The third-order valence-corrected chi connectivity index (χ3v) is 6.17. The summed E-state index contributed by atoms with van der Waals surface area (Å²) in [7, 11) is -18.0. The summed E-state index contributed by atoms with van der Waals surface area (Å²) < 4.78 is 120. The Morgan fingerprint density at radius 3 is 0.974 bits per heavy atom. The number of allylic oxidation sites excluding steroid dienone is 8. The van der Waals surface area contributed by atoms with E-state index in [2.05, 4.69) is 85.0 Å². The minimum Gasteiger partial charge on any atom is -0.418 e. The summed E-state index contributed by atoms with van der Waals surface area (Å²) in [5.74, 6) is 0. The van der Waals surface area contributed by atoms with Crippen LogP contribution in [0.1, 0.15) is 24.0 Å². The fourth-order valence-electron chi connectivity index (χ4n) is 3.07. The largest absolute Gasteiger partial charge is 0.673 e. The Kier molecular flexibility index (Phi) is 13.2. The normalized spacial score (nSPS) is 14.6. The van der Waals surface area contributed by atoms with Crippen molar-refractivity contribution < 1.29 is 67.0 Å². The monoisotopic (exact) mass is 595 g/mol. The molecule has 2 aromatic carbocycles. The first-order chi connectivity index (χ1) is 17.4. The van der Waals surface area contributed by atoms with E-state index in [1.807, 2.05) is 0 Å². The van der Waals surface area contributed by atoms with Gasteiger partial charge in [0.2, 0.25) is 0 Å². The van der Waals surface area contributed by atoms with Gasteiger partial charge in [-0.25, -0.2) is 0 Å². The van der Waals surface area contributed by atoms with E-state index in [0.29, 0.717) is 15.2 Å². The molecule has 38 heavy (non-hydrogen) atoms. The Morgan fingerprint density at radius 1 is 0.447 bits per heavy atom. The predicted octanol–water partition coefficient (Wildman–Crippen LogP) is 9.71. The van der Waals surface area contributed by atoms with Crippen LogP contribution in [0, 0.1) is 0 Å². The van der Waals surface area contributed by atoms with Crippen LogP contribution in [0.2, 0.25) is 0 Å². The quantitative estimate of drug-likeness (QED) is 0.244. The van der Waals surface area contributed by atoms with Gasteiger partial charge in [-0.2, -0.15) is 0 Å². The number of hydrogen-bond donors (Lipinski definition) is 0. The number of rotatable bonds is 4. The zero-order valence-corrected chi connectivity index (χ0v) is 20.4. The van der Waals surface area contributed by atoms with E-state index in [1.165, 1.54) is 22.3 Å². The minimum atomic E-state index is -6.00. The summed E-state index contributed by atoms with van der Waals surface area (Å²) in [6.45, 7) is 0. The minimum absolute atomic E-state index is 0.420. The van der Waals surface area contributed by atoms with Crippen LogP contribution in [0.3, 0.4) is 0 Å². The van der Waals surface area contributed by atoms with Crippen molar-refractivity contribution in [3.8, 4) is 0 Å². The SMILES string of the molecule is C1=CC(c2ccccc2)=[C]([Cr+3][C]2=C(c3ccccc3)C=CC2)C1.F[B-](F)(F)F.F[B-](F)(F)F.F[B-](F)(F)F. The molecule has 2 aliphatic rings. The fraction of sp³-hybridized carbons (Fsp3) is 0.0909. The van der Waals surface area contributed by atoms with Gasteiger partial charge in [-0.05, 0) is 0 Å². The molecule has 0 atom stereocenters. The van der Waals surface area contributed by atoms with Crippen LogP contribution in [0.25, 0.3) is 11.1 Å². The Bertz CT molecular complexity index is 1000. The predicted molar refractivity (Wildman–Crippen MR) is 125 cm³/mol. The zero-order valence-electron chi connectivity index (χ0n) is 19.2. The van der Waals surface area contributed by atoms with Crippen LogP contribution in [0.15, 0.2) is 93.8 Å². The third-order valence-electron chi connectivity index (χ3n) is 4.19. The van der Waals surface area contributed by atoms with E-state index in [9.17, 15) is 51.8 Å². The van der Waals surface area contributed by atoms with Gasteiger partial charge in [-0.3, -0.25) is 0 Å². The van der Waals surface area contributed by atoms with Gasteiger partial charge >= 0.3 is 166 Å². The van der Waals surface area contributed by atoms with Crippen LogP contribution in [-0.4, -0.2) is 21.8 Å². The standard InChI is InChI=1S/2C11H9.3BF4.Cr/c2*1-2-6-10(7-3-1)11-8-4-5-9-11;3*2-1(3,4)5;/h2*1-4,6-8H,5H2;;;;/q;;3*-1;+3. The zero-order chi connectivity index (χ0) is 29.0. The van der Waals surface area contributed by atoms with Crippen molar-refractivity contribution in [3.63, 3.8) is 0 Å². The van der Waals surface area contributed by atoms with Gasteiger partial charge in [0, 0.05) is 0 Å². The summed E-state index contributed by atoms with van der Waals surface area (Å²) in [4.78, 5) is 0. The summed E-state index contributed by atoms with van der Waals surface area (Å²) in [5.41, 5.74) is 5.59. The van der Waals surface area contributed by atoms with Gasteiger partial charge in [0.25, 0.3) is 0 Å². The first-order valence-corrected chi connectivity index (χ1v) is 11.9. The molecule has 2 aromatic rings. The smallest absolute Gasteiger partial charge is 0.418 e.